The lowest BCUT2D eigenvalue weighted by atomic mass is 9.96. The molecule has 0 spiro atoms. The van der Waals surface area contributed by atoms with Gasteiger partial charge in [0.1, 0.15) is 17.8 Å². The number of anilines is 1. The average molecular weight is 357 g/mol. The third-order valence-corrected chi connectivity index (χ3v) is 4.15. The van der Waals surface area contributed by atoms with Crippen LogP contribution in [0.5, 0.6) is 5.88 Å². The molecule has 0 unspecified atom stereocenters. The second kappa shape index (κ2) is 6.19. The topological polar surface area (TPSA) is 155 Å². The summed E-state index contributed by atoms with van der Waals surface area (Å²) in [6.07, 6.45) is -1.80. The third-order valence-electron chi connectivity index (χ3n) is 3.90. The fourth-order valence-corrected chi connectivity index (χ4v) is 2.91. The highest BCUT2D eigenvalue weighted by atomic mass is 31.1. The molecule has 12 heteroatoms. The number of ether oxygens (including phenoxy) is 2. The molecular weight excluding hydrogens is 341 g/mol. The predicted molar refractivity (Wildman–Crippen MR) is 80.4 cm³/mol. The zero-order chi connectivity index (χ0) is 17.5. The Hall–Kier alpha value is -1.91. The Morgan fingerprint density at radius 2 is 2.29 bits per heavy atom. The zero-order valence-corrected chi connectivity index (χ0v) is 13.8. The maximum atomic E-state index is 10.7. The van der Waals surface area contributed by atoms with Gasteiger partial charge in [-0.3, -0.25) is 9.09 Å². The molecule has 0 aliphatic carbocycles. The average Bonchev–Trinajstić information content (AvgIpc) is 3.05. The molecule has 3 heterocycles. The quantitative estimate of drug-likeness (QED) is 0.605. The van der Waals surface area contributed by atoms with Crippen LogP contribution in [0.4, 0.5) is 5.95 Å². The first-order valence-electron chi connectivity index (χ1n) is 6.94. The Morgan fingerprint density at radius 3 is 2.96 bits per heavy atom. The van der Waals surface area contributed by atoms with Crippen LogP contribution < -0.4 is 10.5 Å². The number of aliphatic hydroxyl groups is 2. The van der Waals surface area contributed by atoms with Crippen LogP contribution in [-0.2, 0) is 13.8 Å². The first kappa shape index (κ1) is 16.9. The Balaban J connectivity index is 2.03. The van der Waals surface area contributed by atoms with Crippen molar-refractivity contribution in [1.29, 1.82) is 0 Å². The van der Waals surface area contributed by atoms with Crippen LogP contribution in [0.1, 0.15) is 13.2 Å². The van der Waals surface area contributed by atoms with Crippen molar-refractivity contribution in [2.24, 2.45) is 0 Å². The van der Waals surface area contributed by atoms with Gasteiger partial charge in [0.25, 0.3) is 0 Å². The van der Waals surface area contributed by atoms with Gasteiger partial charge in [0.15, 0.2) is 17.4 Å². The van der Waals surface area contributed by atoms with Crippen molar-refractivity contribution in [2.45, 2.75) is 31.0 Å². The largest absolute Gasteiger partial charge is 0.479 e. The molecule has 1 aliphatic heterocycles. The first-order valence-corrected chi connectivity index (χ1v) is 7.67. The summed E-state index contributed by atoms with van der Waals surface area (Å²) < 4.78 is 27.4. The SMILES string of the molecule is COc1nc(N)nc2c1ncn2[C@@H]1O[C@H](COP=O)[C@@H](O)[C@@]1(C)O. The van der Waals surface area contributed by atoms with Crippen molar-refractivity contribution in [1.82, 2.24) is 19.5 Å². The number of nitrogen functional groups attached to an aromatic ring is 1. The maximum absolute atomic E-state index is 10.7. The molecule has 130 valence electrons. The van der Waals surface area contributed by atoms with E-state index in [1.54, 1.807) is 0 Å². The lowest BCUT2D eigenvalue weighted by Gasteiger charge is -2.27. The fraction of sp³-hybridized carbons (Fsp3) is 0.583. The van der Waals surface area contributed by atoms with Crippen LogP contribution in [-0.4, -0.2) is 61.3 Å². The van der Waals surface area contributed by atoms with Gasteiger partial charge < -0.3 is 25.4 Å². The number of hydrogen-bond acceptors (Lipinski definition) is 10. The van der Waals surface area contributed by atoms with Crippen molar-refractivity contribution >= 4 is 25.8 Å². The van der Waals surface area contributed by atoms with Crippen molar-refractivity contribution in [3.63, 3.8) is 0 Å². The van der Waals surface area contributed by atoms with E-state index in [-0.39, 0.29) is 24.1 Å². The van der Waals surface area contributed by atoms with E-state index in [4.69, 9.17) is 19.7 Å². The van der Waals surface area contributed by atoms with Crippen molar-refractivity contribution in [3.05, 3.63) is 6.33 Å². The van der Waals surface area contributed by atoms with Crippen LogP contribution >= 0.6 is 8.69 Å². The van der Waals surface area contributed by atoms with E-state index in [0.717, 1.165) is 0 Å². The van der Waals surface area contributed by atoms with Gasteiger partial charge in [-0.1, -0.05) is 0 Å². The minimum atomic E-state index is -1.67. The molecule has 2 aromatic rings. The van der Waals surface area contributed by atoms with Gasteiger partial charge in [0.05, 0.1) is 20.0 Å². The molecule has 4 atom stereocenters. The molecular formula is C12H16N5O6P. The molecule has 24 heavy (non-hydrogen) atoms. The van der Waals surface area contributed by atoms with E-state index in [1.807, 2.05) is 0 Å². The highest BCUT2D eigenvalue weighted by molar-refractivity contribution is 7.17. The third kappa shape index (κ3) is 2.60. The van der Waals surface area contributed by atoms with Gasteiger partial charge in [-0.25, -0.2) is 9.55 Å². The van der Waals surface area contributed by atoms with E-state index >= 15 is 0 Å². The Labute approximate surface area is 137 Å². The molecule has 0 aromatic carbocycles. The number of methoxy groups -OCH3 is 1. The number of fused-ring (bicyclic) bond motifs is 1. The standard InChI is InChI=1S/C12H16N5O6P/c1-12(19)7(18)5(3-22-24-20)23-10(12)17-4-14-6-8(17)15-11(13)16-9(6)21-2/h4-5,7,10,18-19H,3H2,1-2H3,(H2,13,15,16)/t5-,7-,10-,12-/m1/s1. The first-order chi connectivity index (χ1) is 11.4. The second-order valence-electron chi connectivity index (χ2n) is 5.48. The molecule has 0 amide bonds. The molecule has 1 fully saturated rings. The number of rotatable bonds is 5. The summed E-state index contributed by atoms with van der Waals surface area (Å²) in [5.74, 6) is 0.142. The van der Waals surface area contributed by atoms with Crippen molar-refractivity contribution in [3.8, 4) is 5.88 Å². The second-order valence-corrected chi connectivity index (χ2v) is 5.89. The number of nitrogens with two attached hydrogens (primary N) is 1. The minimum absolute atomic E-state index is 0.0377. The van der Waals surface area contributed by atoms with Gasteiger partial charge in [-0.05, 0) is 6.92 Å². The molecule has 0 bridgehead atoms. The lowest BCUT2D eigenvalue weighted by molar-refractivity contribution is -0.0946. The van der Waals surface area contributed by atoms with Gasteiger partial charge in [0, 0.05) is 0 Å². The predicted octanol–water partition coefficient (Wildman–Crippen LogP) is -0.350. The molecule has 0 saturated carbocycles. The Morgan fingerprint density at radius 1 is 1.54 bits per heavy atom. The number of nitrogens with zero attached hydrogens (tertiary/aromatic N) is 4. The van der Waals surface area contributed by atoms with Crippen LogP contribution in [0.15, 0.2) is 6.33 Å². The van der Waals surface area contributed by atoms with Gasteiger partial charge in [0.2, 0.25) is 11.8 Å². The van der Waals surface area contributed by atoms with Crippen molar-refractivity contribution < 1.29 is 28.8 Å². The van der Waals surface area contributed by atoms with E-state index in [9.17, 15) is 14.8 Å². The molecule has 3 rings (SSSR count). The number of hydrogen-bond donors (Lipinski definition) is 3. The summed E-state index contributed by atoms with van der Waals surface area (Å²) in [5, 5.41) is 20.9. The fourth-order valence-electron chi connectivity index (χ4n) is 2.70. The number of aromatic nitrogens is 4. The van der Waals surface area contributed by atoms with Crippen LogP contribution in [0.25, 0.3) is 11.2 Å². The van der Waals surface area contributed by atoms with Gasteiger partial charge >= 0.3 is 8.69 Å². The monoisotopic (exact) mass is 357 g/mol. The highest BCUT2D eigenvalue weighted by Gasteiger charge is 2.53. The summed E-state index contributed by atoms with van der Waals surface area (Å²) in [6.45, 7) is 1.25. The molecule has 2 aromatic heterocycles. The summed E-state index contributed by atoms with van der Waals surface area (Å²) in [6, 6.07) is 0. The molecule has 4 N–H and O–H groups in total. The number of aliphatic hydroxyl groups excluding tert-OH is 1. The smallest absolute Gasteiger partial charge is 0.327 e. The van der Waals surface area contributed by atoms with E-state index in [1.165, 1.54) is 24.9 Å². The molecule has 1 saturated heterocycles. The van der Waals surface area contributed by atoms with Gasteiger partial charge in [-0.2, -0.15) is 9.97 Å². The normalized spacial score (nSPS) is 30.2. The van der Waals surface area contributed by atoms with Crippen LogP contribution in [0.2, 0.25) is 0 Å². The van der Waals surface area contributed by atoms with E-state index in [0.29, 0.717) is 5.52 Å². The van der Waals surface area contributed by atoms with Crippen LogP contribution in [0, 0.1) is 0 Å². The Bertz CT molecular complexity index is 768. The molecule has 1 aliphatic rings. The minimum Gasteiger partial charge on any atom is -0.479 e. The summed E-state index contributed by atoms with van der Waals surface area (Å²) >= 11 is 0. The Kier molecular flexibility index (Phi) is 4.37. The van der Waals surface area contributed by atoms with Crippen molar-refractivity contribution in [2.75, 3.05) is 19.5 Å². The summed E-state index contributed by atoms with van der Waals surface area (Å²) in [7, 11) is 0.873. The maximum Gasteiger partial charge on any atom is 0.327 e. The molecule has 11 nitrogen and oxygen atoms in total. The van der Waals surface area contributed by atoms with E-state index < -0.39 is 32.7 Å². The molecule has 0 radical (unpaired) electrons. The number of imidazole rings is 1. The summed E-state index contributed by atoms with van der Waals surface area (Å²) in [5.41, 5.74) is 4.60. The zero-order valence-electron chi connectivity index (χ0n) is 12.9. The van der Waals surface area contributed by atoms with Crippen LogP contribution in [0.3, 0.4) is 0 Å². The van der Waals surface area contributed by atoms with E-state index in [2.05, 4.69) is 15.0 Å². The lowest BCUT2D eigenvalue weighted by Crippen LogP contribution is -2.44. The summed E-state index contributed by atoms with van der Waals surface area (Å²) in [4.78, 5) is 12.2. The van der Waals surface area contributed by atoms with Gasteiger partial charge in [-0.15, -0.1) is 0 Å². The highest BCUT2D eigenvalue weighted by Crippen LogP contribution is 2.40.